The van der Waals surface area contributed by atoms with Crippen LogP contribution >= 0.6 is 0 Å². The normalized spacial score (nSPS) is 48.5. The Labute approximate surface area is 154 Å². The molecule has 0 aromatic rings. The van der Waals surface area contributed by atoms with Crippen LogP contribution in [0.1, 0.15) is 92.4 Å². The lowest BCUT2D eigenvalue weighted by atomic mass is 9.44. The van der Waals surface area contributed by atoms with Crippen molar-refractivity contribution in [2.24, 2.45) is 40.4 Å². The fourth-order valence-electron chi connectivity index (χ4n) is 7.78. The van der Waals surface area contributed by atoms with E-state index < -0.39 is 0 Å². The third kappa shape index (κ3) is 2.73. The Kier molecular flexibility index (Phi) is 5.21. The average molecular weight is 347 g/mol. The van der Waals surface area contributed by atoms with Gasteiger partial charge in [-0.05, 0) is 74.0 Å². The lowest BCUT2D eigenvalue weighted by Crippen LogP contribution is -2.57. The highest BCUT2D eigenvalue weighted by Gasteiger charge is 2.63. The molecule has 142 valence electrons. The van der Waals surface area contributed by atoms with Crippen molar-refractivity contribution in [2.75, 3.05) is 0 Å². The molecule has 4 unspecified atom stereocenters. The second kappa shape index (κ2) is 6.82. The molecular formula is C23H38O2. The molecule has 4 aliphatic rings. The predicted octanol–water partition coefficient (Wildman–Crippen LogP) is 5.83. The van der Waals surface area contributed by atoms with E-state index in [4.69, 9.17) is 0 Å². The first-order valence-corrected chi connectivity index (χ1v) is 10.9. The Morgan fingerprint density at radius 2 is 1.68 bits per heavy atom. The zero-order valence-electron chi connectivity index (χ0n) is 17.1. The summed E-state index contributed by atoms with van der Waals surface area (Å²) in [6.45, 7) is 10.4. The Morgan fingerprint density at radius 3 is 2.36 bits per heavy atom. The third-order valence-electron chi connectivity index (χ3n) is 8.76. The van der Waals surface area contributed by atoms with Gasteiger partial charge in [0.15, 0.2) is 0 Å². The second-order valence-electron chi connectivity index (χ2n) is 9.66. The van der Waals surface area contributed by atoms with Crippen LogP contribution < -0.4 is 0 Å². The van der Waals surface area contributed by atoms with E-state index in [0.29, 0.717) is 35.7 Å². The van der Waals surface area contributed by atoms with Gasteiger partial charge >= 0.3 is 0 Å². The average Bonchev–Trinajstić information content (AvgIpc) is 2.92. The van der Waals surface area contributed by atoms with Gasteiger partial charge in [-0.3, -0.25) is 9.59 Å². The summed E-state index contributed by atoms with van der Waals surface area (Å²) in [6, 6.07) is 0. The molecule has 25 heavy (non-hydrogen) atoms. The van der Waals surface area contributed by atoms with E-state index in [2.05, 4.69) is 13.8 Å². The van der Waals surface area contributed by atoms with Crippen molar-refractivity contribution in [3.05, 3.63) is 0 Å². The molecule has 0 spiro atoms. The van der Waals surface area contributed by atoms with Crippen LogP contribution in [-0.4, -0.2) is 11.6 Å². The summed E-state index contributed by atoms with van der Waals surface area (Å²) in [5.41, 5.74) is 0.218. The highest BCUT2D eigenvalue weighted by Crippen LogP contribution is 2.66. The molecule has 0 aliphatic heterocycles. The zero-order chi connectivity index (χ0) is 18.4. The van der Waals surface area contributed by atoms with E-state index in [1.54, 1.807) is 6.92 Å². The minimum absolute atomic E-state index is 0.0397. The van der Waals surface area contributed by atoms with Crippen molar-refractivity contribution in [3.63, 3.8) is 0 Å². The molecule has 0 N–H and O–H groups in total. The number of ketones is 2. The maximum atomic E-state index is 13.3. The van der Waals surface area contributed by atoms with E-state index in [9.17, 15) is 9.59 Å². The minimum atomic E-state index is -0.0397. The van der Waals surface area contributed by atoms with Gasteiger partial charge in [0, 0.05) is 18.3 Å². The van der Waals surface area contributed by atoms with Crippen molar-refractivity contribution in [1.29, 1.82) is 0 Å². The quantitative estimate of drug-likeness (QED) is 0.598. The fourth-order valence-corrected chi connectivity index (χ4v) is 7.78. The molecule has 0 aromatic carbocycles. The summed E-state index contributed by atoms with van der Waals surface area (Å²) < 4.78 is 0. The predicted molar refractivity (Wildman–Crippen MR) is 102 cm³/mol. The van der Waals surface area contributed by atoms with Crippen LogP contribution in [0.25, 0.3) is 0 Å². The molecule has 0 heterocycles. The van der Waals surface area contributed by atoms with Gasteiger partial charge in [-0.25, -0.2) is 0 Å². The highest BCUT2D eigenvalue weighted by molar-refractivity contribution is 5.87. The van der Waals surface area contributed by atoms with Gasteiger partial charge in [0.1, 0.15) is 11.6 Å². The van der Waals surface area contributed by atoms with Gasteiger partial charge < -0.3 is 0 Å². The number of Topliss-reactive ketones (excluding diaryl/α,β-unsaturated/α-hetero) is 2. The first-order valence-electron chi connectivity index (χ1n) is 10.9. The van der Waals surface area contributed by atoms with E-state index >= 15 is 0 Å². The highest BCUT2D eigenvalue weighted by atomic mass is 16.1. The van der Waals surface area contributed by atoms with Crippen molar-refractivity contribution in [2.45, 2.75) is 92.4 Å². The summed E-state index contributed by atoms with van der Waals surface area (Å²) >= 11 is 0. The molecule has 2 nitrogen and oxygen atoms in total. The first-order chi connectivity index (χ1) is 11.9. The largest absolute Gasteiger partial charge is 0.300 e. The number of hydrogen-bond acceptors (Lipinski definition) is 2. The smallest absolute Gasteiger partial charge is 0.137 e. The SMILES string of the molecule is CC.CC(=O)[C@H]1CCC2C3CCC4CCCC[C@]4(C)C3C(=O)C[C@@]21C. The Balaban J connectivity index is 0.000000880. The first kappa shape index (κ1) is 19.1. The topological polar surface area (TPSA) is 34.1 Å². The van der Waals surface area contributed by atoms with Crippen molar-refractivity contribution >= 4 is 11.6 Å². The zero-order valence-corrected chi connectivity index (χ0v) is 17.1. The third-order valence-corrected chi connectivity index (χ3v) is 8.76. The van der Waals surface area contributed by atoms with Crippen LogP contribution in [0.15, 0.2) is 0 Å². The summed E-state index contributed by atoms with van der Waals surface area (Å²) in [5, 5.41) is 0. The molecule has 4 saturated carbocycles. The van der Waals surface area contributed by atoms with E-state index in [-0.39, 0.29) is 16.7 Å². The molecule has 2 heteroatoms. The second-order valence-corrected chi connectivity index (χ2v) is 9.66. The molecular weight excluding hydrogens is 308 g/mol. The Hall–Kier alpha value is -0.660. The molecule has 4 rings (SSSR count). The molecule has 4 fully saturated rings. The minimum Gasteiger partial charge on any atom is -0.300 e. The number of hydrogen-bond donors (Lipinski definition) is 0. The molecule has 0 radical (unpaired) electrons. The van der Waals surface area contributed by atoms with Crippen molar-refractivity contribution in [1.82, 2.24) is 0 Å². The van der Waals surface area contributed by atoms with Gasteiger partial charge in [0.2, 0.25) is 0 Å². The number of carbonyl (C=O) groups is 2. The summed E-state index contributed by atoms with van der Waals surface area (Å²) in [7, 11) is 0. The van der Waals surface area contributed by atoms with Gasteiger partial charge in [-0.1, -0.05) is 40.5 Å². The molecule has 0 saturated heterocycles. The van der Waals surface area contributed by atoms with Gasteiger partial charge in [0.05, 0.1) is 0 Å². The van der Waals surface area contributed by atoms with Crippen LogP contribution in [0.4, 0.5) is 0 Å². The molecule has 0 bridgehead atoms. The van der Waals surface area contributed by atoms with Gasteiger partial charge in [-0.2, -0.15) is 0 Å². The lowest BCUT2D eigenvalue weighted by Gasteiger charge is -2.59. The molecule has 4 aliphatic carbocycles. The maximum Gasteiger partial charge on any atom is 0.137 e. The summed E-state index contributed by atoms with van der Waals surface area (Å²) in [4.78, 5) is 25.4. The van der Waals surface area contributed by atoms with Crippen LogP contribution in [0, 0.1) is 40.4 Å². The summed E-state index contributed by atoms with van der Waals surface area (Å²) in [6.07, 6.45) is 10.7. The lowest BCUT2D eigenvalue weighted by molar-refractivity contribution is -0.158. The summed E-state index contributed by atoms with van der Waals surface area (Å²) in [5.74, 6) is 3.20. The van der Waals surface area contributed by atoms with Crippen LogP contribution in [0.5, 0.6) is 0 Å². The maximum absolute atomic E-state index is 13.3. The van der Waals surface area contributed by atoms with Crippen LogP contribution in [0.3, 0.4) is 0 Å². The van der Waals surface area contributed by atoms with Crippen molar-refractivity contribution in [3.8, 4) is 0 Å². The Bertz CT molecular complexity index is 538. The van der Waals surface area contributed by atoms with E-state index in [1.165, 1.54) is 44.9 Å². The van der Waals surface area contributed by atoms with Crippen molar-refractivity contribution < 1.29 is 9.59 Å². The number of rotatable bonds is 1. The fraction of sp³-hybridized carbons (Fsp3) is 0.913. The monoisotopic (exact) mass is 346 g/mol. The van der Waals surface area contributed by atoms with Crippen LogP contribution in [0.2, 0.25) is 0 Å². The number of carbonyl (C=O) groups excluding carboxylic acids is 2. The molecule has 0 amide bonds. The standard InChI is InChI=1S/C21H32O2.C2H6/c1-13(22)16-9-10-17-15-8-7-14-6-4-5-11-20(14,2)19(15)18(23)12-21(16,17)3;1-2/h14-17,19H,4-12H2,1-3H3;1-2H3/t14?,15?,16-,17?,19?,20+,21-;/m1./s1. The Morgan fingerprint density at radius 1 is 0.960 bits per heavy atom. The van der Waals surface area contributed by atoms with Crippen LogP contribution in [-0.2, 0) is 9.59 Å². The van der Waals surface area contributed by atoms with Gasteiger partial charge in [0.25, 0.3) is 0 Å². The van der Waals surface area contributed by atoms with E-state index in [1.807, 2.05) is 13.8 Å². The number of fused-ring (bicyclic) bond motifs is 5. The van der Waals surface area contributed by atoms with Gasteiger partial charge in [-0.15, -0.1) is 0 Å². The van der Waals surface area contributed by atoms with E-state index in [0.717, 1.165) is 12.3 Å². The molecule has 0 aromatic heterocycles. The molecule has 7 atom stereocenters.